The average molecular weight is 766 g/mol. The monoisotopic (exact) mass is 765 g/mol. The van der Waals surface area contributed by atoms with Crippen molar-refractivity contribution < 1.29 is 0 Å². The van der Waals surface area contributed by atoms with Crippen LogP contribution in [0.3, 0.4) is 0 Å². The maximum Gasteiger partial charge on any atom is 0.0719 e. The van der Waals surface area contributed by atoms with Crippen LogP contribution in [0.5, 0.6) is 0 Å². The van der Waals surface area contributed by atoms with Gasteiger partial charge in [0.2, 0.25) is 0 Å². The van der Waals surface area contributed by atoms with Crippen LogP contribution in [0.2, 0.25) is 0 Å². The largest absolute Gasteiger partial charge is 0.252 e. The molecule has 1 spiro atoms. The number of hydrogen-bond acceptors (Lipinski definition) is 1. The molecule has 1 heterocycles. The number of aromatic nitrogens is 1. The fourth-order valence-electron chi connectivity index (χ4n) is 11.1. The van der Waals surface area contributed by atoms with Gasteiger partial charge in [0, 0.05) is 22.6 Å². The summed E-state index contributed by atoms with van der Waals surface area (Å²) in [7, 11) is 0. The van der Waals surface area contributed by atoms with Gasteiger partial charge in [-0.3, -0.25) is 4.98 Å². The first kappa shape index (κ1) is 34.9. The van der Waals surface area contributed by atoms with Crippen LogP contribution in [0.4, 0.5) is 0 Å². The molecule has 0 saturated carbocycles. The Balaban J connectivity index is 1.19. The number of hydrogen-bond donors (Lipinski definition) is 0. The van der Waals surface area contributed by atoms with Gasteiger partial charge in [-0.1, -0.05) is 196 Å². The molecule has 0 amide bonds. The smallest absolute Gasteiger partial charge is 0.0719 e. The molecule has 12 rings (SSSR count). The molecule has 284 valence electrons. The molecular formula is C59H43N. The lowest BCUT2D eigenvalue weighted by Crippen LogP contribution is -2.40. The lowest BCUT2D eigenvalue weighted by molar-refractivity contribution is 0.563. The number of allylic oxidation sites excluding steroid dienone is 4. The first-order chi connectivity index (χ1) is 29.5. The lowest BCUT2D eigenvalue weighted by Gasteiger charge is -2.46. The highest BCUT2D eigenvalue weighted by molar-refractivity contribution is 6.14. The van der Waals surface area contributed by atoms with Gasteiger partial charge in [-0.2, -0.15) is 0 Å². The summed E-state index contributed by atoms with van der Waals surface area (Å²) >= 11 is 0. The summed E-state index contributed by atoms with van der Waals surface area (Å²) in [6, 6.07) is 68.5. The van der Waals surface area contributed by atoms with Crippen molar-refractivity contribution in [1.82, 2.24) is 4.98 Å². The highest BCUT2D eigenvalue weighted by atomic mass is 14.7. The summed E-state index contributed by atoms with van der Waals surface area (Å²) < 4.78 is 0. The molecule has 8 aromatic carbocycles. The zero-order valence-electron chi connectivity index (χ0n) is 33.9. The normalized spacial score (nSPS) is 16.4. The topological polar surface area (TPSA) is 12.9 Å². The molecule has 1 atom stereocenters. The second kappa shape index (κ2) is 13.2. The van der Waals surface area contributed by atoms with Gasteiger partial charge < -0.3 is 0 Å². The Morgan fingerprint density at radius 2 is 1.12 bits per heavy atom. The quantitative estimate of drug-likeness (QED) is 0.163. The molecule has 0 saturated heterocycles. The number of fused-ring (bicyclic) bond motifs is 12. The van der Waals surface area contributed by atoms with E-state index >= 15 is 0 Å². The summed E-state index contributed by atoms with van der Waals surface area (Å²) in [6.07, 6.45) is 9.82. The van der Waals surface area contributed by atoms with E-state index in [1.54, 1.807) is 0 Å². The molecule has 0 fully saturated rings. The maximum absolute atomic E-state index is 5.37. The molecular weight excluding hydrogens is 723 g/mol. The number of rotatable bonds is 4. The third-order valence-corrected chi connectivity index (χ3v) is 13.8. The van der Waals surface area contributed by atoms with Crippen molar-refractivity contribution >= 4 is 21.5 Å². The Bertz CT molecular complexity index is 3220. The van der Waals surface area contributed by atoms with E-state index < -0.39 is 5.41 Å². The van der Waals surface area contributed by atoms with Gasteiger partial charge in [-0.25, -0.2) is 0 Å². The van der Waals surface area contributed by atoms with Gasteiger partial charge in [-0.05, 0) is 119 Å². The second-order valence-corrected chi connectivity index (χ2v) is 17.3. The van der Waals surface area contributed by atoms with Crippen molar-refractivity contribution in [2.75, 3.05) is 0 Å². The van der Waals surface area contributed by atoms with Gasteiger partial charge >= 0.3 is 0 Å². The zero-order valence-corrected chi connectivity index (χ0v) is 33.9. The Morgan fingerprint density at radius 3 is 1.87 bits per heavy atom. The maximum atomic E-state index is 5.37. The highest BCUT2D eigenvalue weighted by Gasteiger charge is 2.53. The van der Waals surface area contributed by atoms with E-state index in [1.165, 1.54) is 88.3 Å². The molecule has 3 aliphatic rings. The molecule has 9 aromatic rings. The Labute approximate surface area is 352 Å². The molecule has 1 aromatic heterocycles. The molecule has 3 aliphatic carbocycles. The molecule has 0 bridgehead atoms. The van der Waals surface area contributed by atoms with Crippen LogP contribution < -0.4 is 0 Å². The molecule has 0 radical (unpaired) electrons. The summed E-state index contributed by atoms with van der Waals surface area (Å²) in [6.45, 7) is 4.80. The van der Waals surface area contributed by atoms with Crippen molar-refractivity contribution in [3.63, 3.8) is 0 Å². The average Bonchev–Trinajstić information content (AvgIpc) is 3.61. The van der Waals surface area contributed by atoms with Crippen LogP contribution in [0.1, 0.15) is 65.3 Å². The van der Waals surface area contributed by atoms with Crippen LogP contribution in [-0.4, -0.2) is 4.98 Å². The van der Waals surface area contributed by atoms with Gasteiger partial charge in [0.25, 0.3) is 0 Å². The van der Waals surface area contributed by atoms with Crippen molar-refractivity contribution in [2.24, 2.45) is 0 Å². The van der Waals surface area contributed by atoms with Crippen molar-refractivity contribution in [3.8, 4) is 44.6 Å². The van der Waals surface area contributed by atoms with Crippen molar-refractivity contribution in [1.29, 1.82) is 0 Å². The first-order valence-corrected chi connectivity index (χ1v) is 21.3. The van der Waals surface area contributed by atoms with Gasteiger partial charge in [0.15, 0.2) is 0 Å². The summed E-state index contributed by atoms with van der Waals surface area (Å²) in [5.41, 5.74) is 18.2. The molecule has 0 aliphatic heterocycles. The van der Waals surface area contributed by atoms with Crippen molar-refractivity contribution in [3.05, 3.63) is 245 Å². The Kier molecular flexibility index (Phi) is 7.69. The minimum Gasteiger partial charge on any atom is -0.252 e. The van der Waals surface area contributed by atoms with Gasteiger partial charge in [-0.15, -0.1) is 0 Å². The summed E-state index contributed by atoms with van der Waals surface area (Å²) in [5.74, 6) is 0.208. The van der Waals surface area contributed by atoms with E-state index in [0.29, 0.717) is 0 Å². The van der Waals surface area contributed by atoms with Crippen LogP contribution in [-0.2, 0) is 10.8 Å². The summed E-state index contributed by atoms with van der Waals surface area (Å²) in [4.78, 5) is 5.37. The fourth-order valence-corrected chi connectivity index (χ4v) is 11.1. The highest BCUT2D eigenvalue weighted by Crippen LogP contribution is 2.64. The molecule has 0 N–H and O–H groups in total. The van der Waals surface area contributed by atoms with Crippen LogP contribution in [0.25, 0.3) is 66.2 Å². The minimum atomic E-state index is -0.512. The Morgan fingerprint density at radius 1 is 0.450 bits per heavy atom. The van der Waals surface area contributed by atoms with Crippen molar-refractivity contribution in [2.45, 2.75) is 37.0 Å². The standard InChI is InChI=1S/C59H43N/c1-58(2)50-27-13-15-29-52(50)59(53-30-16-14-28-51(53)58)49-33-32-41(47-34-40-22-9-10-23-43(40)45-24-11-12-25-46(45)47)35-48(49)57-44(26-17-31-54(57)59)42-36-55(38-18-5-3-6-19-38)60-56(37-42)39-20-7-4-8-21-39/h3-20,22-37,39H,21H2,1-2H3. The van der Waals surface area contributed by atoms with Crippen LogP contribution >= 0.6 is 0 Å². The van der Waals surface area contributed by atoms with E-state index in [9.17, 15) is 0 Å². The Hall–Kier alpha value is -7.09. The summed E-state index contributed by atoms with van der Waals surface area (Å²) in [5, 5.41) is 5.10. The number of benzene rings is 8. The fraction of sp³-hybridized carbons (Fsp3) is 0.102. The van der Waals surface area contributed by atoms with Gasteiger partial charge in [0.1, 0.15) is 0 Å². The second-order valence-electron chi connectivity index (χ2n) is 17.3. The van der Waals surface area contributed by atoms with E-state index in [2.05, 4.69) is 220 Å². The van der Waals surface area contributed by atoms with E-state index in [1.807, 2.05) is 0 Å². The first-order valence-electron chi connectivity index (χ1n) is 21.3. The lowest BCUT2D eigenvalue weighted by atomic mass is 9.55. The van der Waals surface area contributed by atoms with E-state index in [-0.39, 0.29) is 11.3 Å². The zero-order chi connectivity index (χ0) is 40.0. The molecule has 1 unspecified atom stereocenters. The molecule has 1 nitrogen and oxygen atoms in total. The minimum absolute atomic E-state index is 0.171. The van der Waals surface area contributed by atoms with E-state index in [0.717, 1.165) is 23.4 Å². The third kappa shape index (κ3) is 4.96. The number of pyridine rings is 1. The SMILES string of the molecule is CC1(C)c2ccccc2C2(c3ccc(-c4cc5ccccc5c5ccccc45)cc3-c3c(-c4cc(-c5ccccc5)nc(C5C=CC=CC5)c4)cccc32)c2ccccc21. The molecule has 60 heavy (non-hydrogen) atoms. The molecule has 1 heteroatoms. The van der Waals surface area contributed by atoms with Crippen LogP contribution in [0, 0.1) is 0 Å². The van der Waals surface area contributed by atoms with Crippen LogP contribution in [0.15, 0.2) is 206 Å². The number of nitrogens with zero attached hydrogens (tertiary/aromatic N) is 1. The predicted octanol–water partition coefficient (Wildman–Crippen LogP) is 15.0. The predicted molar refractivity (Wildman–Crippen MR) is 251 cm³/mol. The third-order valence-electron chi connectivity index (χ3n) is 13.8. The van der Waals surface area contributed by atoms with Gasteiger partial charge in [0.05, 0.1) is 11.1 Å². The van der Waals surface area contributed by atoms with E-state index in [4.69, 9.17) is 4.98 Å².